The number of hydrogen-bond donors (Lipinski definition) is 2. The molecule has 1 atom stereocenters. The summed E-state index contributed by atoms with van der Waals surface area (Å²) >= 11 is 1.31. The second kappa shape index (κ2) is 5.81. The second-order valence-corrected chi connectivity index (χ2v) is 6.24. The van der Waals surface area contributed by atoms with Crippen LogP contribution >= 0.6 is 11.8 Å². The van der Waals surface area contributed by atoms with Gasteiger partial charge in [-0.05, 0) is 25.7 Å². The Kier molecular flexibility index (Phi) is 4.34. The molecular weight excluding hydrogens is 264 g/mol. The maximum absolute atomic E-state index is 11.8. The molecule has 1 aliphatic rings. The van der Waals surface area contributed by atoms with Gasteiger partial charge in [0.25, 0.3) is 0 Å². The van der Waals surface area contributed by atoms with Crippen LogP contribution in [-0.2, 0) is 4.79 Å². The molecule has 6 nitrogen and oxygen atoms in total. The highest BCUT2D eigenvalue weighted by Gasteiger charge is 2.28. The maximum atomic E-state index is 11.8. The lowest BCUT2D eigenvalue weighted by Gasteiger charge is -2.17. The number of H-pyrrole nitrogens is 1. The molecule has 1 amide bonds. The molecule has 0 spiro atoms. The van der Waals surface area contributed by atoms with Crippen molar-refractivity contribution in [2.45, 2.75) is 50.9 Å². The standard InChI is InChI=1S/C12H20N4O2S/c1-7(2)8(3)13-10(17)6-19-12-15-14-11(18)16(12)9-4-5-9/h7-9H,4-6H2,1-3H3,(H,13,17)(H,14,18)/t8-/m1/s1. The van der Waals surface area contributed by atoms with Crippen LogP contribution in [0.2, 0.25) is 0 Å². The first-order valence-electron chi connectivity index (χ1n) is 6.58. The monoisotopic (exact) mass is 284 g/mol. The zero-order valence-electron chi connectivity index (χ0n) is 11.5. The van der Waals surface area contributed by atoms with Crippen molar-refractivity contribution in [3.8, 4) is 0 Å². The molecule has 1 aromatic heterocycles. The predicted octanol–water partition coefficient (Wildman–Crippen LogP) is 1.16. The molecule has 1 aliphatic carbocycles. The Labute approximate surface area is 116 Å². The minimum absolute atomic E-state index is 0.0241. The van der Waals surface area contributed by atoms with E-state index in [1.54, 1.807) is 4.57 Å². The fourth-order valence-electron chi connectivity index (χ4n) is 1.64. The quantitative estimate of drug-likeness (QED) is 0.768. The van der Waals surface area contributed by atoms with Gasteiger partial charge >= 0.3 is 5.69 Å². The van der Waals surface area contributed by atoms with Crippen LogP contribution in [0.5, 0.6) is 0 Å². The van der Waals surface area contributed by atoms with Crippen LogP contribution in [0.1, 0.15) is 39.7 Å². The van der Waals surface area contributed by atoms with Crippen molar-refractivity contribution in [2.75, 3.05) is 5.75 Å². The molecule has 0 radical (unpaired) electrons. The third-order valence-electron chi connectivity index (χ3n) is 3.31. The summed E-state index contributed by atoms with van der Waals surface area (Å²) in [6, 6.07) is 0.421. The lowest BCUT2D eigenvalue weighted by Crippen LogP contribution is -2.37. The number of carbonyl (C=O) groups is 1. The Morgan fingerprint density at radius 2 is 2.21 bits per heavy atom. The van der Waals surface area contributed by atoms with E-state index < -0.39 is 0 Å². The zero-order chi connectivity index (χ0) is 14.0. The van der Waals surface area contributed by atoms with Gasteiger partial charge in [-0.3, -0.25) is 9.36 Å². The molecule has 1 fully saturated rings. The van der Waals surface area contributed by atoms with Crippen LogP contribution in [0.4, 0.5) is 0 Å². The fourth-order valence-corrected chi connectivity index (χ4v) is 2.46. The Hall–Kier alpha value is -1.24. The van der Waals surface area contributed by atoms with E-state index in [0.29, 0.717) is 11.1 Å². The summed E-state index contributed by atoms with van der Waals surface area (Å²) < 4.78 is 1.66. The Morgan fingerprint density at radius 1 is 1.53 bits per heavy atom. The molecule has 106 valence electrons. The molecule has 1 aromatic rings. The average Bonchev–Trinajstić information content (AvgIpc) is 3.11. The van der Waals surface area contributed by atoms with Crippen molar-refractivity contribution in [3.05, 3.63) is 10.5 Å². The lowest BCUT2D eigenvalue weighted by molar-refractivity contribution is -0.119. The first kappa shape index (κ1) is 14.2. The van der Waals surface area contributed by atoms with E-state index in [0.717, 1.165) is 12.8 Å². The van der Waals surface area contributed by atoms with E-state index in [1.165, 1.54) is 11.8 Å². The summed E-state index contributed by atoms with van der Waals surface area (Å²) in [5.41, 5.74) is -0.180. The highest BCUT2D eigenvalue weighted by molar-refractivity contribution is 7.99. The molecule has 0 aromatic carbocycles. The number of thioether (sulfide) groups is 1. The van der Waals surface area contributed by atoms with E-state index in [2.05, 4.69) is 29.4 Å². The molecular formula is C12H20N4O2S. The zero-order valence-corrected chi connectivity index (χ0v) is 12.3. The molecule has 1 heterocycles. The summed E-state index contributed by atoms with van der Waals surface area (Å²) in [6.07, 6.45) is 2.03. The van der Waals surface area contributed by atoms with Crippen molar-refractivity contribution in [1.82, 2.24) is 20.1 Å². The van der Waals surface area contributed by atoms with Crippen LogP contribution in [-0.4, -0.2) is 32.5 Å². The largest absolute Gasteiger partial charge is 0.353 e. The Balaban J connectivity index is 1.89. The van der Waals surface area contributed by atoms with Crippen molar-refractivity contribution in [1.29, 1.82) is 0 Å². The highest BCUT2D eigenvalue weighted by Crippen LogP contribution is 2.35. The number of hydrogen-bond acceptors (Lipinski definition) is 4. The van der Waals surface area contributed by atoms with Crippen molar-refractivity contribution in [3.63, 3.8) is 0 Å². The van der Waals surface area contributed by atoms with Crippen LogP contribution in [0.15, 0.2) is 9.95 Å². The molecule has 0 unspecified atom stereocenters. The topological polar surface area (TPSA) is 79.8 Å². The van der Waals surface area contributed by atoms with E-state index in [9.17, 15) is 9.59 Å². The molecule has 0 saturated heterocycles. The third kappa shape index (κ3) is 3.62. The van der Waals surface area contributed by atoms with Gasteiger partial charge in [0.05, 0.1) is 5.75 Å². The highest BCUT2D eigenvalue weighted by atomic mass is 32.2. The van der Waals surface area contributed by atoms with Crippen LogP contribution in [0.3, 0.4) is 0 Å². The Morgan fingerprint density at radius 3 is 2.79 bits per heavy atom. The van der Waals surface area contributed by atoms with E-state index in [4.69, 9.17) is 0 Å². The van der Waals surface area contributed by atoms with Crippen LogP contribution < -0.4 is 11.0 Å². The van der Waals surface area contributed by atoms with Gasteiger partial charge in [-0.15, -0.1) is 5.10 Å². The van der Waals surface area contributed by atoms with Crippen molar-refractivity contribution < 1.29 is 4.79 Å². The van der Waals surface area contributed by atoms with Crippen molar-refractivity contribution in [2.24, 2.45) is 5.92 Å². The van der Waals surface area contributed by atoms with Gasteiger partial charge in [0.15, 0.2) is 5.16 Å². The second-order valence-electron chi connectivity index (χ2n) is 5.30. The molecule has 0 aliphatic heterocycles. The van der Waals surface area contributed by atoms with Gasteiger partial charge in [-0.2, -0.15) is 0 Å². The normalized spacial score (nSPS) is 16.6. The van der Waals surface area contributed by atoms with Gasteiger partial charge in [-0.1, -0.05) is 25.6 Å². The van der Waals surface area contributed by atoms with E-state index in [1.807, 2.05) is 6.92 Å². The third-order valence-corrected chi connectivity index (χ3v) is 4.26. The number of nitrogens with zero attached hydrogens (tertiary/aromatic N) is 2. The van der Waals surface area contributed by atoms with Gasteiger partial charge in [0.1, 0.15) is 0 Å². The van der Waals surface area contributed by atoms with E-state index in [-0.39, 0.29) is 29.4 Å². The number of amides is 1. The first-order valence-corrected chi connectivity index (χ1v) is 7.56. The average molecular weight is 284 g/mol. The lowest BCUT2D eigenvalue weighted by atomic mass is 10.1. The summed E-state index contributed by atoms with van der Waals surface area (Å²) in [5.74, 6) is 0.668. The van der Waals surface area contributed by atoms with Gasteiger partial charge in [0, 0.05) is 12.1 Å². The van der Waals surface area contributed by atoms with Crippen molar-refractivity contribution >= 4 is 17.7 Å². The minimum atomic E-state index is -0.180. The minimum Gasteiger partial charge on any atom is -0.353 e. The Bertz CT molecular complexity index is 504. The fraction of sp³-hybridized carbons (Fsp3) is 0.750. The number of aromatic amines is 1. The smallest absolute Gasteiger partial charge is 0.344 e. The van der Waals surface area contributed by atoms with Gasteiger partial charge < -0.3 is 5.32 Å². The molecule has 19 heavy (non-hydrogen) atoms. The van der Waals surface area contributed by atoms with Crippen LogP contribution in [0, 0.1) is 5.92 Å². The van der Waals surface area contributed by atoms with Gasteiger partial charge in [0.2, 0.25) is 5.91 Å². The molecule has 0 bridgehead atoms. The predicted molar refractivity (Wildman–Crippen MR) is 74.3 cm³/mol. The summed E-state index contributed by atoms with van der Waals surface area (Å²) in [4.78, 5) is 23.3. The number of aromatic nitrogens is 3. The number of carbonyl (C=O) groups excluding carboxylic acids is 1. The van der Waals surface area contributed by atoms with Gasteiger partial charge in [-0.25, -0.2) is 9.89 Å². The maximum Gasteiger partial charge on any atom is 0.344 e. The summed E-state index contributed by atoms with van der Waals surface area (Å²) in [5, 5.41) is 9.96. The van der Waals surface area contributed by atoms with Crippen LogP contribution in [0.25, 0.3) is 0 Å². The number of nitrogens with one attached hydrogen (secondary N) is 2. The first-order chi connectivity index (χ1) is 8.99. The summed E-state index contributed by atoms with van der Waals surface area (Å²) in [6.45, 7) is 6.12. The molecule has 7 heteroatoms. The van der Waals surface area contributed by atoms with E-state index >= 15 is 0 Å². The molecule has 1 saturated carbocycles. The summed E-state index contributed by atoms with van der Waals surface area (Å²) in [7, 11) is 0. The SMILES string of the molecule is CC(C)[C@@H](C)NC(=O)CSc1n[nH]c(=O)n1C1CC1. The molecule has 2 rings (SSSR count). The number of rotatable bonds is 6. The molecule has 2 N–H and O–H groups in total.